The van der Waals surface area contributed by atoms with Gasteiger partial charge in [-0.05, 0) is 37.2 Å². The van der Waals surface area contributed by atoms with Crippen molar-refractivity contribution in [3.05, 3.63) is 54.6 Å². The molecule has 2 aromatic carbocycles. The molecule has 0 aliphatic heterocycles. The number of ether oxygens (including phenoxy) is 1. The molecule has 0 fully saturated rings. The van der Waals surface area contributed by atoms with Crippen LogP contribution >= 0.6 is 0 Å². The summed E-state index contributed by atoms with van der Waals surface area (Å²) < 4.78 is 5.85. The number of unbranched alkanes of at least 4 members (excludes halogenated alkanes) is 2. The molecule has 0 aliphatic rings. The van der Waals surface area contributed by atoms with Crippen molar-refractivity contribution < 1.29 is 9.53 Å². The third-order valence-corrected chi connectivity index (χ3v) is 3.62. The highest BCUT2D eigenvalue weighted by molar-refractivity contribution is 5.92. The fourth-order valence-electron chi connectivity index (χ4n) is 2.31. The largest absolute Gasteiger partial charge is 0.455 e. The smallest absolute Gasteiger partial charge is 0.225 e. The van der Waals surface area contributed by atoms with E-state index in [1.165, 1.54) is 12.8 Å². The van der Waals surface area contributed by atoms with Crippen LogP contribution in [0.1, 0.15) is 32.6 Å². The summed E-state index contributed by atoms with van der Waals surface area (Å²) in [5, 5.41) is 6.23. The van der Waals surface area contributed by atoms with E-state index in [1.54, 1.807) is 0 Å². The van der Waals surface area contributed by atoms with Crippen molar-refractivity contribution in [2.45, 2.75) is 32.6 Å². The molecule has 0 saturated heterocycles. The van der Waals surface area contributed by atoms with Gasteiger partial charge in [0.2, 0.25) is 5.91 Å². The second-order valence-corrected chi connectivity index (χ2v) is 5.67. The average Bonchev–Trinajstić information content (AvgIpc) is 2.61. The average molecular weight is 326 g/mol. The van der Waals surface area contributed by atoms with Crippen molar-refractivity contribution in [3.63, 3.8) is 0 Å². The molecular weight excluding hydrogens is 300 g/mol. The minimum absolute atomic E-state index is 0.0119. The third kappa shape index (κ3) is 6.42. The summed E-state index contributed by atoms with van der Waals surface area (Å²) in [4.78, 5) is 12.1. The lowest BCUT2D eigenvalue weighted by atomic mass is 10.2. The van der Waals surface area contributed by atoms with Crippen LogP contribution in [0.25, 0.3) is 0 Å². The Morgan fingerprint density at radius 3 is 2.50 bits per heavy atom. The topological polar surface area (TPSA) is 50.4 Å². The van der Waals surface area contributed by atoms with E-state index in [9.17, 15) is 4.79 Å². The van der Waals surface area contributed by atoms with Crippen molar-refractivity contribution >= 4 is 11.6 Å². The van der Waals surface area contributed by atoms with Crippen molar-refractivity contribution in [1.82, 2.24) is 5.32 Å². The lowest BCUT2D eigenvalue weighted by molar-refractivity contribution is -0.116. The van der Waals surface area contributed by atoms with Crippen LogP contribution in [-0.2, 0) is 4.79 Å². The molecule has 0 saturated carbocycles. The Balaban J connectivity index is 1.82. The van der Waals surface area contributed by atoms with E-state index in [4.69, 9.17) is 4.74 Å². The zero-order valence-electron chi connectivity index (χ0n) is 14.3. The van der Waals surface area contributed by atoms with Crippen LogP contribution in [0.5, 0.6) is 11.5 Å². The normalized spacial score (nSPS) is 10.4. The fraction of sp³-hybridized carbons (Fsp3) is 0.350. The van der Waals surface area contributed by atoms with Gasteiger partial charge in [-0.25, -0.2) is 0 Å². The van der Waals surface area contributed by atoms with E-state index in [1.807, 2.05) is 54.6 Å². The Labute approximate surface area is 144 Å². The van der Waals surface area contributed by atoms with Crippen molar-refractivity contribution in [2.75, 3.05) is 18.4 Å². The second-order valence-electron chi connectivity index (χ2n) is 5.67. The van der Waals surface area contributed by atoms with Crippen molar-refractivity contribution in [3.8, 4) is 11.5 Å². The van der Waals surface area contributed by atoms with Gasteiger partial charge in [0.15, 0.2) is 5.75 Å². The molecule has 0 atom stereocenters. The zero-order chi connectivity index (χ0) is 17.0. The molecule has 2 rings (SSSR count). The predicted molar refractivity (Wildman–Crippen MR) is 98.6 cm³/mol. The summed E-state index contributed by atoms with van der Waals surface area (Å²) in [7, 11) is 0. The van der Waals surface area contributed by atoms with Gasteiger partial charge in [-0.3, -0.25) is 4.79 Å². The first-order valence-corrected chi connectivity index (χ1v) is 8.62. The summed E-state index contributed by atoms with van der Waals surface area (Å²) in [5.74, 6) is 1.38. The first-order valence-electron chi connectivity index (χ1n) is 8.62. The lowest BCUT2D eigenvalue weighted by Gasteiger charge is -2.12. The summed E-state index contributed by atoms with van der Waals surface area (Å²) in [6.45, 7) is 3.84. The first kappa shape index (κ1) is 18.0. The molecule has 0 unspecified atom stereocenters. The van der Waals surface area contributed by atoms with Gasteiger partial charge in [0.05, 0.1) is 5.69 Å². The Morgan fingerprint density at radius 2 is 1.71 bits per heavy atom. The number of hydrogen-bond acceptors (Lipinski definition) is 3. The Bertz CT molecular complexity index is 614. The zero-order valence-corrected chi connectivity index (χ0v) is 14.3. The monoisotopic (exact) mass is 326 g/mol. The van der Waals surface area contributed by atoms with Gasteiger partial charge in [0.25, 0.3) is 0 Å². The van der Waals surface area contributed by atoms with Gasteiger partial charge in [-0.1, -0.05) is 50.1 Å². The van der Waals surface area contributed by atoms with Gasteiger partial charge in [0.1, 0.15) is 5.75 Å². The minimum atomic E-state index is -0.0119. The summed E-state index contributed by atoms with van der Waals surface area (Å²) in [6, 6.07) is 17.0. The molecule has 2 aromatic rings. The highest BCUT2D eigenvalue weighted by Gasteiger charge is 2.08. The molecule has 0 aliphatic carbocycles. The molecule has 2 N–H and O–H groups in total. The maximum Gasteiger partial charge on any atom is 0.225 e. The van der Waals surface area contributed by atoms with Gasteiger partial charge in [-0.2, -0.15) is 0 Å². The molecule has 24 heavy (non-hydrogen) atoms. The van der Waals surface area contributed by atoms with E-state index in [0.717, 1.165) is 18.7 Å². The van der Waals surface area contributed by atoms with E-state index in [2.05, 4.69) is 17.6 Å². The molecule has 4 nitrogen and oxygen atoms in total. The molecule has 0 heterocycles. The van der Waals surface area contributed by atoms with E-state index < -0.39 is 0 Å². The lowest BCUT2D eigenvalue weighted by Crippen LogP contribution is -2.22. The molecule has 1 amide bonds. The highest BCUT2D eigenvalue weighted by atomic mass is 16.5. The van der Waals surface area contributed by atoms with Crippen LogP contribution in [-0.4, -0.2) is 19.0 Å². The third-order valence-electron chi connectivity index (χ3n) is 3.62. The van der Waals surface area contributed by atoms with Crippen LogP contribution in [0, 0.1) is 0 Å². The standard InChI is InChI=1S/C20H26N2O2/c1-2-3-9-15-21-16-14-20(23)22-18-12-7-8-13-19(18)24-17-10-5-4-6-11-17/h4-8,10-13,21H,2-3,9,14-16H2,1H3,(H,22,23). The van der Waals surface area contributed by atoms with E-state index >= 15 is 0 Å². The molecule has 4 heteroatoms. The van der Waals surface area contributed by atoms with Gasteiger partial charge >= 0.3 is 0 Å². The highest BCUT2D eigenvalue weighted by Crippen LogP contribution is 2.29. The number of carbonyl (C=O) groups is 1. The first-order chi connectivity index (χ1) is 11.8. The molecular formula is C20H26N2O2. The molecule has 0 aromatic heterocycles. The van der Waals surface area contributed by atoms with Gasteiger partial charge in [0, 0.05) is 13.0 Å². The molecule has 0 spiro atoms. The number of para-hydroxylation sites is 3. The Morgan fingerprint density at radius 1 is 0.958 bits per heavy atom. The van der Waals surface area contributed by atoms with Crippen LogP contribution in [0.4, 0.5) is 5.69 Å². The summed E-state index contributed by atoms with van der Waals surface area (Å²) in [5.41, 5.74) is 0.692. The van der Waals surface area contributed by atoms with Crippen molar-refractivity contribution in [1.29, 1.82) is 0 Å². The number of anilines is 1. The molecule has 0 radical (unpaired) electrons. The van der Waals surface area contributed by atoms with E-state index in [0.29, 0.717) is 24.4 Å². The SMILES string of the molecule is CCCCCNCCC(=O)Nc1ccccc1Oc1ccccc1. The van der Waals surface area contributed by atoms with Crippen LogP contribution in [0.15, 0.2) is 54.6 Å². The second kappa shape index (κ2) is 10.4. The number of carbonyl (C=O) groups excluding carboxylic acids is 1. The summed E-state index contributed by atoms with van der Waals surface area (Å²) in [6.07, 6.45) is 4.04. The molecule has 0 bridgehead atoms. The predicted octanol–water partition coefficient (Wildman–Crippen LogP) is 4.59. The Hall–Kier alpha value is -2.33. The van der Waals surface area contributed by atoms with Gasteiger partial charge in [-0.15, -0.1) is 0 Å². The van der Waals surface area contributed by atoms with E-state index in [-0.39, 0.29) is 5.91 Å². The minimum Gasteiger partial charge on any atom is -0.455 e. The fourth-order valence-corrected chi connectivity index (χ4v) is 2.31. The summed E-state index contributed by atoms with van der Waals surface area (Å²) >= 11 is 0. The maximum absolute atomic E-state index is 12.1. The number of amides is 1. The number of nitrogens with one attached hydrogen (secondary N) is 2. The quantitative estimate of drug-likeness (QED) is 0.628. The maximum atomic E-state index is 12.1. The number of benzene rings is 2. The molecule has 128 valence electrons. The van der Waals surface area contributed by atoms with Crippen LogP contribution in [0.2, 0.25) is 0 Å². The van der Waals surface area contributed by atoms with Crippen LogP contribution in [0.3, 0.4) is 0 Å². The van der Waals surface area contributed by atoms with Crippen molar-refractivity contribution in [2.24, 2.45) is 0 Å². The Kier molecular flexibility index (Phi) is 7.84. The van der Waals surface area contributed by atoms with Gasteiger partial charge < -0.3 is 15.4 Å². The number of rotatable bonds is 10. The van der Waals surface area contributed by atoms with Crippen LogP contribution < -0.4 is 15.4 Å². The number of hydrogen-bond donors (Lipinski definition) is 2.